The molecule has 3 aliphatic rings. The number of aliphatic hydroxyl groups excluding tert-OH is 1. The number of aliphatic hydroxyl groups is 1. The molecule has 3 aliphatic carbocycles. The van der Waals surface area contributed by atoms with Gasteiger partial charge in [0.25, 0.3) is 5.91 Å². The Kier molecular flexibility index (Phi) is 6.16. The molecule has 0 bridgehead atoms. The molecule has 0 saturated heterocycles. The molecule has 1 heterocycles. The topological polar surface area (TPSA) is 90.7 Å². The smallest absolute Gasteiger partial charge is 0.305 e. The van der Waals surface area contributed by atoms with E-state index in [0.29, 0.717) is 23.8 Å². The van der Waals surface area contributed by atoms with E-state index >= 15 is 0 Å². The number of fused-ring (bicyclic) bond motifs is 5. The molecule has 5 rings (SSSR count). The van der Waals surface area contributed by atoms with Crippen molar-refractivity contribution in [3.8, 4) is 0 Å². The van der Waals surface area contributed by atoms with E-state index in [1.54, 1.807) is 19.3 Å². The van der Waals surface area contributed by atoms with Crippen LogP contribution in [0.2, 0.25) is 0 Å². The molecule has 2 saturated carbocycles. The van der Waals surface area contributed by atoms with E-state index < -0.39 is 12.1 Å². The number of hydrogen-bond donors (Lipinski definition) is 2. The summed E-state index contributed by atoms with van der Waals surface area (Å²) in [5, 5.41) is 20.1. The van der Waals surface area contributed by atoms with Gasteiger partial charge in [0.2, 0.25) is 0 Å². The summed E-state index contributed by atoms with van der Waals surface area (Å²) in [4.78, 5) is 29.2. The van der Waals surface area contributed by atoms with Gasteiger partial charge in [0.1, 0.15) is 5.82 Å². The van der Waals surface area contributed by atoms with Gasteiger partial charge >= 0.3 is 5.97 Å². The summed E-state index contributed by atoms with van der Waals surface area (Å²) in [5.41, 5.74) is 3.84. The number of aromatic nitrogens is 1. The van der Waals surface area contributed by atoms with Gasteiger partial charge < -0.3 is 15.1 Å². The summed E-state index contributed by atoms with van der Waals surface area (Å²) >= 11 is 0. The summed E-state index contributed by atoms with van der Waals surface area (Å²) in [6.45, 7) is 2.44. The van der Waals surface area contributed by atoms with Crippen LogP contribution in [0.5, 0.6) is 0 Å². The second kappa shape index (κ2) is 9.01. The Morgan fingerprint density at radius 1 is 1.23 bits per heavy atom. The Labute approximate surface area is 205 Å². The number of carboxylic acid groups (broad SMARTS) is 1. The van der Waals surface area contributed by atoms with Crippen LogP contribution in [0.15, 0.2) is 36.7 Å². The number of rotatable bonds is 5. The average molecular weight is 481 g/mol. The molecular formula is C28H33FN2O4. The van der Waals surface area contributed by atoms with E-state index in [1.165, 1.54) is 22.2 Å². The lowest BCUT2D eigenvalue weighted by atomic mass is 9.53. The van der Waals surface area contributed by atoms with Crippen LogP contribution < -0.4 is 0 Å². The lowest BCUT2D eigenvalue weighted by molar-refractivity contribution is -0.137. The normalized spacial score (nSPS) is 31.3. The highest BCUT2D eigenvalue weighted by Crippen LogP contribution is 2.65. The van der Waals surface area contributed by atoms with Gasteiger partial charge in [-0.05, 0) is 96.1 Å². The van der Waals surface area contributed by atoms with E-state index in [2.05, 4.69) is 18.0 Å². The third-order valence-corrected chi connectivity index (χ3v) is 9.09. The third-order valence-electron chi connectivity index (χ3n) is 9.09. The van der Waals surface area contributed by atoms with Crippen LogP contribution in [-0.4, -0.2) is 51.7 Å². The highest BCUT2D eigenvalue weighted by Gasteiger charge is 2.58. The van der Waals surface area contributed by atoms with Gasteiger partial charge in [-0.15, -0.1) is 0 Å². The molecule has 2 fully saturated rings. The van der Waals surface area contributed by atoms with Crippen molar-refractivity contribution in [2.24, 2.45) is 17.3 Å². The predicted octanol–water partition coefficient (Wildman–Crippen LogP) is 4.38. The maximum absolute atomic E-state index is 13.9. The molecule has 6 atom stereocenters. The molecule has 0 aliphatic heterocycles. The Morgan fingerprint density at radius 2 is 2.03 bits per heavy atom. The van der Waals surface area contributed by atoms with Crippen molar-refractivity contribution < 1.29 is 24.2 Å². The number of nitrogens with zero attached hydrogens (tertiary/aromatic N) is 2. The van der Waals surface area contributed by atoms with Crippen molar-refractivity contribution in [3.63, 3.8) is 0 Å². The Balaban J connectivity index is 1.38. The molecule has 186 valence electrons. The van der Waals surface area contributed by atoms with Crippen LogP contribution in [0.1, 0.15) is 77.9 Å². The monoisotopic (exact) mass is 480 g/mol. The minimum absolute atomic E-state index is 0.0773. The molecule has 1 amide bonds. The van der Waals surface area contributed by atoms with E-state index in [4.69, 9.17) is 5.11 Å². The summed E-state index contributed by atoms with van der Waals surface area (Å²) < 4.78 is 13.9. The number of aliphatic carboxylic acids is 1. The lowest BCUT2D eigenvalue weighted by Crippen LogP contribution is -2.45. The number of carboxylic acids is 1. The first-order valence-electron chi connectivity index (χ1n) is 12.6. The largest absolute Gasteiger partial charge is 0.481 e. The fraction of sp³-hybridized carbons (Fsp3) is 0.536. The second-order valence-electron chi connectivity index (χ2n) is 11.0. The molecule has 6 nitrogen and oxygen atoms in total. The Bertz CT molecular complexity index is 1150. The maximum Gasteiger partial charge on any atom is 0.305 e. The Hall–Kier alpha value is -2.80. The summed E-state index contributed by atoms with van der Waals surface area (Å²) in [6, 6.07) is 7.49. The van der Waals surface area contributed by atoms with Crippen molar-refractivity contribution in [1.29, 1.82) is 0 Å². The number of aryl methyl sites for hydroxylation is 1. The molecule has 0 radical (unpaired) electrons. The molecule has 2 N–H and O–H groups in total. The van der Waals surface area contributed by atoms with E-state index in [9.17, 15) is 19.1 Å². The van der Waals surface area contributed by atoms with E-state index in [1.807, 2.05) is 12.1 Å². The van der Waals surface area contributed by atoms with Gasteiger partial charge in [-0.3, -0.25) is 14.6 Å². The average Bonchev–Trinajstić information content (AvgIpc) is 3.12. The number of benzene rings is 1. The van der Waals surface area contributed by atoms with Crippen LogP contribution in [-0.2, 0) is 11.2 Å². The fourth-order valence-electron chi connectivity index (χ4n) is 7.50. The molecule has 2 aromatic rings. The number of amides is 1. The number of halogens is 1. The quantitative estimate of drug-likeness (QED) is 0.663. The lowest BCUT2D eigenvalue weighted by Gasteiger charge is -2.51. The molecular weight excluding hydrogens is 447 g/mol. The van der Waals surface area contributed by atoms with Crippen molar-refractivity contribution in [1.82, 2.24) is 9.88 Å². The first-order valence-corrected chi connectivity index (χ1v) is 12.6. The first kappa shape index (κ1) is 23.9. The number of carbonyl (C=O) groups excluding carboxylic acids is 1. The number of pyridine rings is 1. The zero-order valence-electron chi connectivity index (χ0n) is 20.3. The van der Waals surface area contributed by atoms with Gasteiger partial charge in [-0.2, -0.15) is 0 Å². The standard InChI is InChI=1S/C28H33FN2O4/c1-28-9-7-21-20-5-4-17(27(35)31(2)10-8-25(33)34)11-16(20)3-6-22(21)26(28)24(32)13-23(28)18-12-19(29)15-30-14-18/h4-5,11-12,14-15,21-24,26,32H,3,6-10,13H2,1-2H3,(H,33,34). The summed E-state index contributed by atoms with van der Waals surface area (Å²) in [6.07, 6.45) is 6.88. The van der Waals surface area contributed by atoms with Gasteiger partial charge in [-0.25, -0.2) is 4.39 Å². The van der Waals surface area contributed by atoms with Crippen LogP contribution >= 0.6 is 0 Å². The SMILES string of the molecule is CN(CCC(=O)O)C(=O)c1ccc2c(c1)CCC1C2CCC2(C)C(c3cncc(F)c3)CC(O)C12. The van der Waals surface area contributed by atoms with Crippen LogP contribution in [0, 0.1) is 23.1 Å². The van der Waals surface area contributed by atoms with Gasteiger partial charge in [-0.1, -0.05) is 13.0 Å². The van der Waals surface area contributed by atoms with Crippen molar-refractivity contribution in [2.45, 2.75) is 63.4 Å². The Morgan fingerprint density at radius 3 is 2.77 bits per heavy atom. The predicted molar refractivity (Wildman–Crippen MR) is 129 cm³/mol. The van der Waals surface area contributed by atoms with Crippen LogP contribution in [0.4, 0.5) is 4.39 Å². The zero-order valence-corrected chi connectivity index (χ0v) is 20.3. The van der Waals surface area contributed by atoms with Crippen LogP contribution in [0.25, 0.3) is 0 Å². The third kappa shape index (κ3) is 4.14. The minimum atomic E-state index is -0.921. The fourth-order valence-corrected chi connectivity index (χ4v) is 7.50. The number of carbonyl (C=O) groups is 2. The summed E-state index contributed by atoms with van der Waals surface area (Å²) in [5.74, 6) is -0.489. The molecule has 35 heavy (non-hydrogen) atoms. The van der Waals surface area contributed by atoms with Crippen molar-refractivity contribution in [2.75, 3.05) is 13.6 Å². The highest BCUT2D eigenvalue weighted by atomic mass is 19.1. The van der Waals surface area contributed by atoms with Gasteiger partial charge in [0.05, 0.1) is 18.7 Å². The molecule has 0 spiro atoms. The van der Waals surface area contributed by atoms with E-state index in [-0.39, 0.29) is 41.9 Å². The second-order valence-corrected chi connectivity index (χ2v) is 11.0. The minimum Gasteiger partial charge on any atom is -0.481 e. The number of hydrogen-bond acceptors (Lipinski definition) is 4. The van der Waals surface area contributed by atoms with Crippen LogP contribution in [0.3, 0.4) is 0 Å². The summed E-state index contributed by atoms with van der Waals surface area (Å²) in [7, 11) is 1.63. The maximum atomic E-state index is 13.9. The molecule has 7 heteroatoms. The van der Waals surface area contributed by atoms with Crippen molar-refractivity contribution >= 4 is 11.9 Å². The van der Waals surface area contributed by atoms with Gasteiger partial charge in [0.15, 0.2) is 0 Å². The van der Waals surface area contributed by atoms with E-state index in [0.717, 1.165) is 31.2 Å². The molecule has 6 unspecified atom stereocenters. The van der Waals surface area contributed by atoms with Crippen molar-refractivity contribution in [3.05, 3.63) is 64.7 Å². The highest BCUT2D eigenvalue weighted by molar-refractivity contribution is 5.94. The molecule has 1 aromatic heterocycles. The molecule has 1 aromatic carbocycles. The zero-order chi connectivity index (χ0) is 24.9. The van der Waals surface area contributed by atoms with Gasteiger partial charge in [0, 0.05) is 25.4 Å². The first-order chi connectivity index (χ1) is 16.7.